The normalized spacial score (nSPS) is 12.4. The molecule has 2 aromatic carbocycles. The summed E-state index contributed by atoms with van der Waals surface area (Å²) in [4.78, 5) is 0. The Morgan fingerprint density at radius 1 is 0.938 bits per heavy atom. The zero-order valence-corrected chi connectivity index (χ0v) is 10.0. The van der Waals surface area contributed by atoms with Crippen LogP contribution in [-0.4, -0.2) is 0 Å². The van der Waals surface area contributed by atoms with Gasteiger partial charge in [0.15, 0.2) is 0 Å². The second-order valence-electron chi connectivity index (χ2n) is 3.46. The van der Waals surface area contributed by atoms with Gasteiger partial charge in [0.25, 0.3) is 0 Å². The molecule has 0 heterocycles. The SMILES string of the molecule is C1=CCC([c-]2cccc2)=C1.[Co].[cH-]1[cH-][cH-][cH-][cH-]1. The zero-order chi connectivity index (χ0) is 10.3. The Balaban J connectivity index is 0.000000183. The molecule has 0 saturated heterocycles. The summed E-state index contributed by atoms with van der Waals surface area (Å²) >= 11 is 0. The van der Waals surface area contributed by atoms with Gasteiger partial charge in [-0.15, -0.1) is 35.4 Å². The Kier molecular flexibility index (Phi) is 5.61. The predicted octanol–water partition coefficient (Wildman–Crippen LogP) is 4.15. The summed E-state index contributed by atoms with van der Waals surface area (Å²) in [6.07, 6.45) is 7.57. The fraction of sp³-hybridized carbons (Fsp3) is 0.0667. The van der Waals surface area contributed by atoms with Crippen LogP contribution in [0.4, 0.5) is 0 Å². The van der Waals surface area contributed by atoms with Gasteiger partial charge in [-0.1, -0.05) is 6.08 Å². The average Bonchev–Trinajstić information content (AvgIpc) is 3.06. The molecule has 0 fully saturated rings. The van der Waals surface area contributed by atoms with Crippen molar-refractivity contribution in [3.63, 3.8) is 0 Å². The van der Waals surface area contributed by atoms with Crippen molar-refractivity contribution in [3.8, 4) is 0 Å². The van der Waals surface area contributed by atoms with E-state index in [2.05, 4.69) is 42.5 Å². The fourth-order valence-corrected chi connectivity index (χ4v) is 1.57. The van der Waals surface area contributed by atoms with E-state index in [4.69, 9.17) is 0 Å². The van der Waals surface area contributed by atoms with Crippen LogP contribution >= 0.6 is 0 Å². The molecule has 0 nitrogen and oxygen atoms in total. The van der Waals surface area contributed by atoms with E-state index in [1.54, 1.807) is 0 Å². The fourth-order valence-electron chi connectivity index (χ4n) is 1.57. The van der Waals surface area contributed by atoms with Crippen molar-refractivity contribution in [1.82, 2.24) is 0 Å². The maximum absolute atomic E-state index is 2.18. The van der Waals surface area contributed by atoms with Crippen LogP contribution in [0.5, 0.6) is 0 Å². The smallest absolute Gasteiger partial charge is 0 e. The molecule has 89 valence electrons. The summed E-state index contributed by atoms with van der Waals surface area (Å²) in [5.41, 5.74) is 2.80. The minimum Gasteiger partial charge on any atom is -0.748 e. The molecular formula is C15H14Co-6. The molecule has 1 heteroatoms. The molecule has 0 aromatic heterocycles. The summed E-state index contributed by atoms with van der Waals surface area (Å²) < 4.78 is 0. The third-order valence-electron chi connectivity index (χ3n) is 2.36. The number of hydrogen-bond acceptors (Lipinski definition) is 0. The molecular weight excluding hydrogens is 239 g/mol. The van der Waals surface area contributed by atoms with Crippen LogP contribution in [0.25, 0.3) is 5.57 Å². The standard InChI is InChI=1S/C10H9.C5H5.Co/c1-2-6-9(5-1)10-7-3-4-8-10;1-2-4-5-3-1;/h1-7H,8H2;1-5H;/q-1;-5;. The molecule has 2 aromatic rings. The number of allylic oxidation sites excluding steroid dienone is 4. The molecule has 0 amide bonds. The van der Waals surface area contributed by atoms with Crippen LogP contribution in [0, 0.1) is 0 Å². The van der Waals surface area contributed by atoms with E-state index in [-0.39, 0.29) is 16.8 Å². The van der Waals surface area contributed by atoms with Crippen molar-refractivity contribution >= 4 is 5.57 Å². The minimum atomic E-state index is 0. The predicted molar refractivity (Wildman–Crippen MR) is 65.8 cm³/mol. The summed E-state index contributed by atoms with van der Waals surface area (Å²) in [5, 5.41) is 0. The average molecular weight is 253 g/mol. The summed E-state index contributed by atoms with van der Waals surface area (Å²) in [6.45, 7) is 0. The van der Waals surface area contributed by atoms with Crippen LogP contribution < -0.4 is 0 Å². The van der Waals surface area contributed by atoms with Crippen molar-refractivity contribution in [2.45, 2.75) is 6.42 Å². The number of hydrogen-bond donors (Lipinski definition) is 0. The van der Waals surface area contributed by atoms with E-state index < -0.39 is 0 Å². The number of rotatable bonds is 1. The first-order chi connectivity index (χ1) is 7.47. The van der Waals surface area contributed by atoms with Gasteiger partial charge in [0, 0.05) is 16.8 Å². The third-order valence-corrected chi connectivity index (χ3v) is 2.36. The van der Waals surface area contributed by atoms with E-state index in [1.807, 2.05) is 30.3 Å². The first kappa shape index (κ1) is 12.8. The Morgan fingerprint density at radius 2 is 1.50 bits per heavy atom. The Bertz CT molecular complexity index is 399. The van der Waals surface area contributed by atoms with Crippen LogP contribution in [0.3, 0.4) is 0 Å². The Labute approximate surface area is 107 Å². The van der Waals surface area contributed by atoms with Gasteiger partial charge < -0.3 is 30.3 Å². The van der Waals surface area contributed by atoms with Crippen molar-refractivity contribution in [2.24, 2.45) is 0 Å². The molecule has 0 N–H and O–H groups in total. The van der Waals surface area contributed by atoms with E-state index in [0.717, 1.165) is 6.42 Å². The molecule has 3 rings (SSSR count). The second-order valence-corrected chi connectivity index (χ2v) is 3.46. The Morgan fingerprint density at radius 3 is 1.94 bits per heavy atom. The van der Waals surface area contributed by atoms with E-state index >= 15 is 0 Å². The molecule has 0 bridgehead atoms. The minimum absolute atomic E-state index is 0. The largest absolute Gasteiger partial charge is 0.748 e. The second kappa shape index (κ2) is 7.04. The molecule has 1 radical (unpaired) electrons. The maximum Gasteiger partial charge on any atom is 0 e. The van der Waals surface area contributed by atoms with Gasteiger partial charge >= 0.3 is 0 Å². The maximum atomic E-state index is 2.18. The summed E-state index contributed by atoms with van der Waals surface area (Å²) in [7, 11) is 0. The van der Waals surface area contributed by atoms with Gasteiger partial charge in [-0.3, -0.25) is 0 Å². The third kappa shape index (κ3) is 3.68. The first-order valence-corrected chi connectivity index (χ1v) is 5.21. The van der Waals surface area contributed by atoms with Gasteiger partial charge in [0.05, 0.1) is 0 Å². The van der Waals surface area contributed by atoms with Gasteiger partial charge in [-0.25, -0.2) is 0 Å². The van der Waals surface area contributed by atoms with Crippen molar-refractivity contribution < 1.29 is 16.8 Å². The van der Waals surface area contributed by atoms with Gasteiger partial charge in [-0.05, 0) is 6.42 Å². The van der Waals surface area contributed by atoms with Crippen molar-refractivity contribution in [1.29, 1.82) is 0 Å². The van der Waals surface area contributed by atoms with Crippen LogP contribution in [0.15, 0.2) is 72.8 Å². The summed E-state index contributed by atoms with van der Waals surface area (Å²) in [6, 6.07) is 18.5. The van der Waals surface area contributed by atoms with E-state index in [1.165, 1.54) is 11.1 Å². The Hall–Kier alpha value is -1.31. The quantitative estimate of drug-likeness (QED) is 0.670. The molecule has 0 atom stereocenters. The monoisotopic (exact) mass is 253 g/mol. The van der Waals surface area contributed by atoms with Gasteiger partial charge in [0.1, 0.15) is 0 Å². The van der Waals surface area contributed by atoms with Crippen molar-refractivity contribution in [2.75, 3.05) is 0 Å². The molecule has 0 aliphatic heterocycles. The van der Waals surface area contributed by atoms with Crippen LogP contribution in [0.1, 0.15) is 12.0 Å². The topological polar surface area (TPSA) is 0 Å². The molecule has 0 saturated carbocycles. The molecule has 1 aliphatic rings. The zero-order valence-electron chi connectivity index (χ0n) is 8.97. The van der Waals surface area contributed by atoms with Crippen LogP contribution in [-0.2, 0) is 16.8 Å². The van der Waals surface area contributed by atoms with Crippen molar-refractivity contribution in [3.05, 3.63) is 78.4 Å². The van der Waals surface area contributed by atoms with Gasteiger partial charge in [-0.2, -0.15) is 12.1 Å². The molecule has 1 aliphatic carbocycles. The van der Waals surface area contributed by atoms with Gasteiger partial charge in [0.2, 0.25) is 0 Å². The van der Waals surface area contributed by atoms with E-state index in [0.29, 0.717) is 0 Å². The molecule has 0 unspecified atom stereocenters. The molecule has 16 heavy (non-hydrogen) atoms. The summed E-state index contributed by atoms with van der Waals surface area (Å²) in [5.74, 6) is 0. The van der Waals surface area contributed by atoms with E-state index in [9.17, 15) is 0 Å². The van der Waals surface area contributed by atoms with Crippen LogP contribution in [0.2, 0.25) is 0 Å². The molecule has 0 spiro atoms. The first-order valence-electron chi connectivity index (χ1n) is 5.21.